The van der Waals surface area contributed by atoms with Gasteiger partial charge in [-0.05, 0) is 59.8 Å². The van der Waals surface area contributed by atoms with Crippen LogP contribution < -0.4 is 14.7 Å². The Bertz CT molecular complexity index is 924. The van der Waals surface area contributed by atoms with Crippen molar-refractivity contribution in [3.05, 3.63) is 64.0 Å². The Hall–Kier alpha value is -2.77. The van der Waals surface area contributed by atoms with Gasteiger partial charge in [0.25, 0.3) is 5.91 Å². The van der Waals surface area contributed by atoms with Gasteiger partial charge in [0.15, 0.2) is 5.17 Å². The molecule has 2 aromatic carbocycles. The Morgan fingerprint density at radius 3 is 2.52 bits per heavy atom. The van der Waals surface area contributed by atoms with Crippen molar-refractivity contribution >= 4 is 52.2 Å². The van der Waals surface area contributed by atoms with Crippen LogP contribution in [-0.4, -0.2) is 30.7 Å². The molecule has 8 heteroatoms. The molecule has 3 rings (SSSR count). The topological polar surface area (TPSA) is 82.0 Å². The third-order valence-electron chi connectivity index (χ3n) is 3.64. The van der Waals surface area contributed by atoms with E-state index in [-0.39, 0.29) is 5.91 Å². The number of hydrogen-bond acceptors (Lipinski definition) is 6. The number of aliphatic carboxylic acids is 1. The van der Waals surface area contributed by atoms with Crippen molar-refractivity contribution in [3.63, 3.8) is 0 Å². The van der Waals surface area contributed by atoms with Crippen molar-refractivity contribution in [2.75, 3.05) is 18.6 Å². The lowest BCUT2D eigenvalue weighted by molar-refractivity contribution is -0.307. The fourth-order valence-corrected chi connectivity index (χ4v) is 3.29. The van der Waals surface area contributed by atoms with Gasteiger partial charge in [0, 0.05) is 17.8 Å². The van der Waals surface area contributed by atoms with Crippen LogP contribution >= 0.6 is 23.4 Å². The zero-order valence-electron chi connectivity index (χ0n) is 14.2. The maximum absolute atomic E-state index is 12.2. The van der Waals surface area contributed by atoms with Gasteiger partial charge in [0.2, 0.25) is 0 Å². The molecule has 0 aromatic heterocycles. The monoisotopic (exact) mass is 401 g/mol. The first-order valence-corrected chi connectivity index (χ1v) is 9.06. The van der Waals surface area contributed by atoms with E-state index in [1.807, 2.05) is 24.1 Å². The maximum atomic E-state index is 12.2. The SMILES string of the molecule is CN(C1=NC(=O)/C(=C/c2ccc(OCC(=O)[O-])cc2)S1)c1ccc(Cl)cc1. The minimum Gasteiger partial charge on any atom is -0.546 e. The number of hydrogen-bond donors (Lipinski definition) is 0. The molecule has 0 spiro atoms. The summed E-state index contributed by atoms with van der Waals surface area (Å²) >= 11 is 7.18. The second-order valence-corrected chi connectivity index (χ2v) is 7.02. The number of thioether (sulfide) groups is 1. The van der Waals surface area contributed by atoms with Crippen LogP contribution in [0.25, 0.3) is 6.08 Å². The number of rotatable bonds is 5. The summed E-state index contributed by atoms with van der Waals surface area (Å²) in [5, 5.41) is 11.6. The summed E-state index contributed by atoms with van der Waals surface area (Å²) in [6.07, 6.45) is 1.72. The highest BCUT2D eigenvalue weighted by Gasteiger charge is 2.25. The predicted molar refractivity (Wildman–Crippen MR) is 105 cm³/mol. The zero-order valence-corrected chi connectivity index (χ0v) is 15.8. The van der Waals surface area contributed by atoms with Crippen LogP contribution in [0.5, 0.6) is 5.75 Å². The zero-order chi connectivity index (χ0) is 19.4. The van der Waals surface area contributed by atoms with E-state index in [4.69, 9.17) is 16.3 Å². The average Bonchev–Trinajstić information content (AvgIpc) is 3.01. The number of carbonyl (C=O) groups is 2. The summed E-state index contributed by atoms with van der Waals surface area (Å²) in [5.74, 6) is -1.19. The van der Waals surface area contributed by atoms with Crippen LogP contribution in [0.4, 0.5) is 5.69 Å². The highest BCUT2D eigenvalue weighted by atomic mass is 35.5. The summed E-state index contributed by atoms with van der Waals surface area (Å²) in [4.78, 5) is 29.0. The Morgan fingerprint density at radius 2 is 1.89 bits per heavy atom. The minimum absolute atomic E-state index is 0.312. The molecule has 6 nitrogen and oxygen atoms in total. The Kier molecular flexibility index (Phi) is 5.83. The molecule has 0 saturated carbocycles. The normalized spacial score (nSPS) is 15.0. The minimum atomic E-state index is -1.29. The summed E-state index contributed by atoms with van der Waals surface area (Å²) in [6, 6.07) is 14.0. The van der Waals surface area contributed by atoms with Crippen molar-refractivity contribution < 1.29 is 19.4 Å². The number of carboxylic acid groups (broad SMARTS) is 1. The van der Waals surface area contributed by atoms with Gasteiger partial charge in [-0.3, -0.25) is 4.79 Å². The number of anilines is 1. The summed E-state index contributed by atoms with van der Waals surface area (Å²) in [7, 11) is 1.83. The summed E-state index contributed by atoms with van der Waals surface area (Å²) in [6.45, 7) is -0.511. The summed E-state index contributed by atoms with van der Waals surface area (Å²) in [5.41, 5.74) is 1.64. The van der Waals surface area contributed by atoms with Gasteiger partial charge in [0.05, 0.1) is 10.9 Å². The predicted octanol–water partition coefficient (Wildman–Crippen LogP) is 2.58. The molecule has 138 valence electrons. The third kappa shape index (κ3) is 4.90. The van der Waals surface area contributed by atoms with Gasteiger partial charge < -0.3 is 19.5 Å². The van der Waals surface area contributed by atoms with E-state index in [0.717, 1.165) is 11.3 Å². The van der Waals surface area contributed by atoms with Crippen molar-refractivity contribution in [3.8, 4) is 5.75 Å². The second-order valence-electron chi connectivity index (χ2n) is 5.58. The number of carboxylic acids is 1. The van der Waals surface area contributed by atoms with Crippen molar-refractivity contribution in [1.29, 1.82) is 0 Å². The number of nitrogens with zero attached hydrogens (tertiary/aromatic N) is 2. The van der Waals surface area contributed by atoms with Gasteiger partial charge in [-0.2, -0.15) is 4.99 Å². The lowest BCUT2D eigenvalue weighted by Gasteiger charge is -2.17. The molecule has 0 atom stereocenters. The molecule has 0 N–H and O–H groups in total. The molecule has 27 heavy (non-hydrogen) atoms. The van der Waals surface area contributed by atoms with E-state index in [0.29, 0.717) is 20.8 Å². The van der Waals surface area contributed by atoms with Gasteiger partial charge >= 0.3 is 0 Å². The lowest BCUT2D eigenvalue weighted by Crippen LogP contribution is -2.28. The van der Waals surface area contributed by atoms with E-state index in [2.05, 4.69) is 4.99 Å². The first kappa shape index (κ1) is 19.0. The average molecular weight is 402 g/mol. The van der Waals surface area contributed by atoms with Crippen LogP contribution in [0.2, 0.25) is 5.02 Å². The lowest BCUT2D eigenvalue weighted by atomic mass is 10.2. The molecule has 0 aliphatic carbocycles. The molecular weight excluding hydrogens is 388 g/mol. The standard InChI is InChI=1S/C19H15ClN2O4S/c1-22(14-6-4-13(20)5-7-14)19-21-18(25)16(27-19)10-12-2-8-15(9-3-12)26-11-17(23)24/h2-10H,11H2,1H3,(H,23,24)/p-1/b16-10-. The van der Waals surface area contributed by atoms with E-state index in [1.54, 1.807) is 42.5 Å². The molecule has 1 aliphatic heterocycles. The van der Waals surface area contributed by atoms with Gasteiger partial charge in [-0.15, -0.1) is 0 Å². The first-order valence-electron chi connectivity index (χ1n) is 7.87. The number of amides is 1. The van der Waals surface area contributed by atoms with Crippen LogP contribution in [-0.2, 0) is 9.59 Å². The van der Waals surface area contributed by atoms with Gasteiger partial charge in [0.1, 0.15) is 12.4 Å². The fraction of sp³-hybridized carbons (Fsp3) is 0.105. The van der Waals surface area contributed by atoms with Crippen molar-refractivity contribution in [2.24, 2.45) is 4.99 Å². The van der Waals surface area contributed by atoms with Gasteiger partial charge in [-0.25, -0.2) is 0 Å². The van der Waals surface area contributed by atoms with Crippen molar-refractivity contribution in [2.45, 2.75) is 0 Å². The van der Waals surface area contributed by atoms with Crippen molar-refractivity contribution in [1.82, 2.24) is 0 Å². The largest absolute Gasteiger partial charge is 0.546 e. The molecule has 0 radical (unpaired) electrons. The number of ether oxygens (including phenoxy) is 1. The van der Waals surface area contributed by atoms with E-state index < -0.39 is 12.6 Å². The third-order valence-corrected chi connectivity index (χ3v) is 4.96. The molecule has 0 unspecified atom stereocenters. The highest BCUT2D eigenvalue weighted by molar-refractivity contribution is 8.18. The highest BCUT2D eigenvalue weighted by Crippen LogP contribution is 2.32. The van der Waals surface area contributed by atoms with Crippen LogP contribution in [0, 0.1) is 0 Å². The van der Waals surface area contributed by atoms with Crippen LogP contribution in [0.3, 0.4) is 0 Å². The molecule has 1 heterocycles. The van der Waals surface area contributed by atoms with Gasteiger partial charge in [-0.1, -0.05) is 23.7 Å². The number of halogens is 1. The molecule has 0 bridgehead atoms. The van der Waals surface area contributed by atoms with E-state index >= 15 is 0 Å². The van der Waals surface area contributed by atoms with Crippen LogP contribution in [0.15, 0.2) is 58.4 Å². The summed E-state index contributed by atoms with van der Waals surface area (Å²) < 4.78 is 5.03. The molecule has 0 fully saturated rings. The number of benzene rings is 2. The molecular formula is C19H14ClN2O4S-. The Labute approximate surface area is 165 Å². The molecule has 0 saturated heterocycles. The smallest absolute Gasteiger partial charge is 0.286 e. The molecule has 1 amide bonds. The molecule has 2 aromatic rings. The second kappa shape index (κ2) is 8.28. The quantitative estimate of drug-likeness (QED) is 0.716. The van der Waals surface area contributed by atoms with Crippen LogP contribution in [0.1, 0.15) is 5.56 Å². The van der Waals surface area contributed by atoms with E-state index in [1.165, 1.54) is 11.8 Å². The first-order chi connectivity index (χ1) is 12.9. The maximum Gasteiger partial charge on any atom is 0.286 e. The Morgan fingerprint density at radius 1 is 1.22 bits per heavy atom. The molecule has 1 aliphatic rings. The van der Waals surface area contributed by atoms with E-state index in [9.17, 15) is 14.7 Å². The number of carbonyl (C=O) groups excluding carboxylic acids is 2. The fourth-order valence-electron chi connectivity index (χ4n) is 2.27. The number of amidine groups is 1. The Balaban J connectivity index is 1.69. The number of aliphatic imine (C=N–C) groups is 1.